The highest BCUT2D eigenvalue weighted by atomic mass is 16.5. The first-order valence-corrected chi connectivity index (χ1v) is 7.99. The van der Waals surface area contributed by atoms with Crippen molar-refractivity contribution in [1.29, 1.82) is 0 Å². The largest absolute Gasteiger partial charge is 0.453 e. The van der Waals surface area contributed by atoms with Crippen LogP contribution < -0.4 is 10.6 Å². The number of Topliss-reactive ketones (excluding diaryl/α,β-unsaturated/α-hetero) is 1. The van der Waals surface area contributed by atoms with E-state index in [1.807, 2.05) is 0 Å². The summed E-state index contributed by atoms with van der Waals surface area (Å²) in [4.78, 5) is 47.1. The molecule has 7 nitrogen and oxygen atoms in total. The van der Waals surface area contributed by atoms with Crippen LogP contribution >= 0.6 is 0 Å². The standard InChI is InChI=1S/C18H24N2O5/c1-12(16(23)19-17(24)20-18(2,3)4)25-15(22)11-10-14(21)13-8-6-5-7-9-13/h5-9,12H,10-11H2,1-4H3,(H2,19,20,23,24)/t12-/m0/s1. The lowest BCUT2D eigenvalue weighted by molar-refractivity contribution is -0.154. The molecule has 1 aromatic carbocycles. The Labute approximate surface area is 147 Å². The molecule has 0 spiro atoms. The van der Waals surface area contributed by atoms with Gasteiger partial charge in [0.15, 0.2) is 11.9 Å². The Morgan fingerprint density at radius 3 is 2.20 bits per heavy atom. The van der Waals surface area contributed by atoms with Crippen LogP contribution in [0.5, 0.6) is 0 Å². The number of ether oxygens (including phenoxy) is 1. The van der Waals surface area contributed by atoms with Crippen molar-refractivity contribution in [1.82, 2.24) is 10.6 Å². The highest BCUT2D eigenvalue weighted by molar-refractivity contribution is 5.98. The van der Waals surface area contributed by atoms with Crippen molar-refractivity contribution in [3.63, 3.8) is 0 Å². The van der Waals surface area contributed by atoms with Crippen molar-refractivity contribution in [3.05, 3.63) is 35.9 Å². The summed E-state index contributed by atoms with van der Waals surface area (Å²) < 4.78 is 4.95. The maximum Gasteiger partial charge on any atom is 0.321 e. The predicted octanol–water partition coefficient (Wildman–Crippen LogP) is 2.21. The number of carbonyl (C=O) groups excluding carboxylic acids is 4. The van der Waals surface area contributed by atoms with E-state index in [9.17, 15) is 19.2 Å². The van der Waals surface area contributed by atoms with E-state index in [0.29, 0.717) is 5.56 Å². The lowest BCUT2D eigenvalue weighted by Gasteiger charge is -2.21. The van der Waals surface area contributed by atoms with E-state index in [1.54, 1.807) is 51.1 Å². The van der Waals surface area contributed by atoms with E-state index in [0.717, 1.165) is 0 Å². The number of nitrogens with one attached hydrogen (secondary N) is 2. The fourth-order valence-corrected chi connectivity index (χ4v) is 1.88. The smallest absolute Gasteiger partial charge is 0.321 e. The van der Waals surface area contributed by atoms with Crippen LogP contribution in [0.15, 0.2) is 30.3 Å². The summed E-state index contributed by atoms with van der Waals surface area (Å²) in [6, 6.07) is 7.93. The maximum absolute atomic E-state index is 11.9. The number of benzene rings is 1. The van der Waals surface area contributed by atoms with Crippen molar-refractivity contribution in [2.24, 2.45) is 0 Å². The topological polar surface area (TPSA) is 102 Å². The van der Waals surface area contributed by atoms with Gasteiger partial charge in [0.2, 0.25) is 0 Å². The SMILES string of the molecule is C[C@H](OC(=O)CCC(=O)c1ccccc1)C(=O)NC(=O)NC(C)(C)C. The Hall–Kier alpha value is -2.70. The second kappa shape index (κ2) is 8.96. The van der Waals surface area contributed by atoms with E-state index in [2.05, 4.69) is 10.6 Å². The molecule has 7 heteroatoms. The molecule has 0 aliphatic carbocycles. The van der Waals surface area contributed by atoms with Crippen LogP contribution in [0.3, 0.4) is 0 Å². The lowest BCUT2D eigenvalue weighted by Crippen LogP contribution is -2.50. The normalized spacial score (nSPS) is 12.0. The summed E-state index contributed by atoms with van der Waals surface area (Å²) in [6.07, 6.45) is -1.29. The van der Waals surface area contributed by atoms with E-state index in [4.69, 9.17) is 4.74 Å². The number of esters is 1. The monoisotopic (exact) mass is 348 g/mol. The summed E-state index contributed by atoms with van der Waals surface area (Å²) in [5.41, 5.74) is 0.0159. The Morgan fingerprint density at radius 1 is 1.04 bits per heavy atom. The van der Waals surface area contributed by atoms with Crippen molar-refractivity contribution >= 4 is 23.7 Å². The quantitative estimate of drug-likeness (QED) is 0.606. The molecule has 1 aromatic rings. The Balaban J connectivity index is 2.39. The molecule has 0 aromatic heterocycles. The zero-order valence-electron chi connectivity index (χ0n) is 14.9. The molecule has 0 saturated heterocycles. The van der Waals surface area contributed by atoms with Crippen LogP contribution in [-0.2, 0) is 14.3 Å². The van der Waals surface area contributed by atoms with Crippen molar-refractivity contribution < 1.29 is 23.9 Å². The van der Waals surface area contributed by atoms with Crippen molar-refractivity contribution in [3.8, 4) is 0 Å². The summed E-state index contributed by atoms with van der Waals surface area (Å²) in [5.74, 6) is -1.59. The fraction of sp³-hybridized carbons (Fsp3) is 0.444. The van der Waals surface area contributed by atoms with Crippen LogP contribution in [0.1, 0.15) is 50.9 Å². The van der Waals surface area contributed by atoms with E-state index in [-0.39, 0.29) is 18.6 Å². The fourth-order valence-electron chi connectivity index (χ4n) is 1.88. The van der Waals surface area contributed by atoms with Gasteiger partial charge >= 0.3 is 12.0 Å². The average molecular weight is 348 g/mol. The molecule has 1 rings (SSSR count). The minimum Gasteiger partial charge on any atom is -0.453 e. The number of rotatable bonds is 6. The van der Waals surface area contributed by atoms with Gasteiger partial charge in [-0.15, -0.1) is 0 Å². The van der Waals surface area contributed by atoms with Crippen LogP contribution in [-0.4, -0.2) is 35.3 Å². The van der Waals surface area contributed by atoms with E-state index in [1.165, 1.54) is 6.92 Å². The number of urea groups is 1. The maximum atomic E-state index is 11.9. The van der Waals surface area contributed by atoms with Crippen LogP contribution in [0.25, 0.3) is 0 Å². The van der Waals surface area contributed by atoms with E-state index < -0.39 is 29.6 Å². The van der Waals surface area contributed by atoms with Gasteiger partial charge in [-0.05, 0) is 27.7 Å². The zero-order valence-corrected chi connectivity index (χ0v) is 14.9. The van der Waals surface area contributed by atoms with Crippen molar-refractivity contribution in [2.75, 3.05) is 0 Å². The molecule has 136 valence electrons. The number of ketones is 1. The summed E-state index contributed by atoms with van der Waals surface area (Å²) in [6.45, 7) is 6.66. The van der Waals surface area contributed by atoms with Crippen LogP contribution in [0, 0.1) is 0 Å². The summed E-state index contributed by atoms with van der Waals surface area (Å²) in [5, 5.41) is 4.66. The van der Waals surface area contributed by atoms with Gasteiger partial charge < -0.3 is 10.1 Å². The molecule has 0 aliphatic heterocycles. The molecule has 0 radical (unpaired) electrons. The minimum atomic E-state index is -1.13. The van der Waals surface area contributed by atoms with Gasteiger partial charge in [-0.25, -0.2) is 4.79 Å². The molecule has 0 bridgehead atoms. The van der Waals surface area contributed by atoms with Gasteiger partial charge in [0, 0.05) is 17.5 Å². The van der Waals surface area contributed by atoms with Gasteiger partial charge in [0.25, 0.3) is 5.91 Å². The zero-order chi connectivity index (χ0) is 19.0. The molecule has 25 heavy (non-hydrogen) atoms. The Morgan fingerprint density at radius 2 is 1.64 bits per heavy atom. The number of hydrogen-bond donors (Lipinski definition) is 2. The first kappa shape index (κ1) is 20.3. The molecule has 3 amide bonds. The molecule has 0 fully saturated rings. The first-order valence-electron chi connectivity index (χ1n) is 7.99. The molecule has 0 heterocycles. The lowest BCUT2D eigenvalue weighted by atomic mass is 10.1. The minimum absolute atomic E-state index is 0.0122. The Bertz CT molecular complexity index is 635. The molecule has 0 unspecified atom stereocenters. The van der Waals surface area contributed by atoms with Crippen molar-refractivity contribution in [2.45, 2.75) is 52.2 Å². The van der Waals surface area contributed by atoms with E-state index >= 15 is 0 Å². The number of amides is 3. The summed E-state index contributed by atoms with van der Waals surface area (Å²) in [7, 11) is 0. The second-order valence-corrected chi connectivity index (χ2v) is 6.61. The number of hydrogen-bond acceptors (Lipinski definition) is 5. The van der Waals surface area contributed by atoms with Gasteiger partial charge in [-0.2, -0.15) is 0 Å². The molecule has 0 saturated carbocycles. The highest BCUT2D eigenvalue weighted by Crippen LogP contribution is 2.07. The van der Waals surface area contributed by atoms with Crippen LogP contribution in [0.2, 0.25) is 0 Å². The summed E-state index contributed by atoms with van der Waals surface area (Å²) >= 11 is 0. The molecule has 2 N–H and O–H groups in total. The molecular weight excluding hydrogens is 324 g/mol. The predicted molar refractivity (Wildman–Crippen MR) is 92.0 cm³/mol. The third-order valence-electron chi connectivity index (χ3n) is 3.05. The number of imide groups is 1. The van der Waals surface area contributed by atoms with Gasteiger partial charge in [0.1, 0.15) is 0 Å². The second-order valence-electron chi connectivity index (χ2n) is 6.61. The first-order chi connectivity index (χ1) is 11.6. The number of carbonyl (C=O) groups is 4. The third-order valence-corrected chi connectivity index (χ3v) is 3.05. The van der Waals surface area contributed by atoms with Gasteiger partial charge in [-0.1, -0.05) is 30.3 Å². The third kappa shape index (κ3) is 8.10. The van der Waals surface area contributed by atoms with Gasteiger partial charge in [-0.3, -0.25) is 19.7 Å². The Kier molecular flexibility index (Phi) is 7.29. The molecule has 0 aliphatic rings. The van der Waals surface area contributed by atoms with Crippen LogP contribution in [0.4, 0.5) is 4.79 Å². The van der Waals surface area contributed by atoms with Gasteiger partial charge in [0.05, 0.1) is 6.42 Å². The molecule has 1 atom stereocenters. The highest BCUT2D eigenvalue weighted by Gasteiger charge is 2.22. The molecular formula is C18H24N2O5. The average Bonchev–Trinajstić information content (AvgIpc) is 2.51.